The molecule has 6 rings (SSSR count). The molecule has 2 aliphatic rings. The molecule has 4 aromatic rings. The molecule has 1 aromatic heterocycles. The average Bonchev–Trinajstić information content (AvgIpc) is 3.36. The number of halogens is 4. The number of hydrogen-bond donors (Lipinski definition) is 2. The van der Waals surface area contributed by atoms with Crippen molar-refractivity contribution < 1.29 is 27.4 Å². The van der Waals surface area contributed by atoms with E-state index in [-0.39, 0.29) is 42.8 Å². The first-order valence-corrected chi connectivity index (χ1v) is 15.4. The number of alkyl halides is 2. The van der Waals surface area contributed by atoms with Gasteiger partial charge in [-0.05, 0) is 54.7 Å². The summed E-state index contributed by atoms with van der Waals surface area (Å²) in [6.45, 7) is 3.28. The SMILES string of the molecule is C[C@@H]1Cc2c([nH]c3ccccc23)[C@@H](c2c(F)cc(C(O)C3CN(CCCF)C3)cc2F)N1C[C@@H](F)COCc1ccccc1. The average molecular weight is 610 g/mol. The number of hydrogen-bond acceptors (Lipinski definition) is 4. The van der Waals surface area contributed by atoms with E-state index in [1.165, 1.54) is 12.1 Å². The Hall–Kier alpha value is -3.24. The van der Waals surface area contributed by atoms with E-state index >= 15 is 13.2 Å². The van der Waals surface area contributed by atoms with Gasteiger partial charge in [-0.15, -0.1) is 0 Å². The maximum absolute atomic E-state index is 16.1. The van der Waals surface area contributed by atoms with Crippen LogP contribution < -0.4 is 0 Å². The van der Waals surface area contributed by atoms with Crippen molar-refractivity contribution in [2.45, 2.75) is 50.7 Å². The normalized spacial score (nSPS) is 20.9. The number of fused-ring (bicyclic) bond motifs is 3. The van der Waals surface area contributed by atoms with Crippen LogP contribution in [0.1, 0.15) is 53.4 Å². The quantitative estimate of drug-likeness (QED) is 0.177. The highest BCUT2D eigenvalue weighted by Gasteiger charge is 2.40. The Balaban J connectivity index is 1.27. The van der Waals surface area contributed by atoms with Crippen molar-refractivity contribution in [3.63, 3.8) is 0 Å². The minimum atomic E-state index is -1.39. The summed E-state index contributed by atoms with van der Waals surface area (Å²) in [4.78, 5) is 7.23. The number of benzene rings is 3. The number of aromatic amines is 1. The smallest absolute Gasteiger partial charge is 0.136 e. The molecule has 3 heterocycles. The number of rotatable bonds is 12. The van der Waals surface area contributed by atoms with Gasteiger partial charge in [-0.2, -0.15) is 0 Å². The largest absolute Gasteiger partial charge is 0.388 e. The molecular weight excluding hydrogens is 570 g/mol. The zero-order chi connectivity index (χ0) is 30.8. The van der Waals surface area contributed by atoms with E-state index in [9.17, 15) is 9.50 Å². The topological polar surface area (TPSA) is 51.7 Å². The Morgan fingerprint density at radius 1 is 1.02 bits per heavy atom. The van der Waals surface area contributed by atoms with Gasteiger partial charge in [-0.25, -0.2) is 13.2 Å². The van der Waals surface area contributed by atoms with E-state index in [4.69, 9.17) is 4.74 Å². The van der Waals surface area contributed by atoms with E-state index in [0.717, 1.165) is 22.0 Å². The Kier molecular flexibility index (Phi) is 9.37. The highest BCUT2D eigenvalue weighted by Crippen LogP contribution is 2.43. The van der Waals surface area contributed by atoms with E-state index in [1.54, 1.807) is 0 Å². The number of para-hydroxylation sites is 1. The Morgan fingerprint density at radius 2 is 1.73 bits per heavy atom. The van der Waals surface area contributed by atoms with Crippen LogP contribution in [0.15, 0.2) is 66.7 Å². The van der Waals surface area contributed by atoms with Gasteiger partial charge >= 0.3 is 0 Å². The van der Waals surface area contributed by atoms with Gasteiger partial charge in [0.1, 0.15) is 17.8 Å². The highest BCUT2D eigenvalue weighted by molar-refractivity contribution is 5.85. The summed E-state index contributed by atoms with van der Waals surface area (Å²) in [5.74, 6) is -1.75. The number of H-pyrrole nitrogens is 1. The van der Waals surface area contributed by atoms with Gasteiger partial charge in [0.05, 0.1) is 32.0 Å². The molecule has 2 aliphatic heterocycles. The van der Waals surface area contributed by atoms with Crippen LogP contribution in [0, 0.1) is 17.6 Å². The molecule has 3 aromatic carbocycles. The van der Waals surface area contributed by atoms with E-state index in [2.05, 4.69) is 4.98 Å². The lowest BCUT2D eigenvalue weighted by Gasteiger charge is -2.42. The number of nitrogens with zero attached hydrogens (tertiary/aromatic N) is 2. The predicted octanol–water partition coefficient (Wildman–Crippen LogP) is 6.66. The zero-order valence-corrected chi connectivity index (χ0v) is 24.9. The summed E-state index contributed by atoms with van der Waals surface area (Å²) >= 11 is 0. The molecule has 2 N–H and O–H groups in total. The number of likely N-dealkylation sites (tertiary alicyclic amines) is 1. The second kappa shape index (κ2) is 13.4. The molecule has 234 valence electrons. The molecule has 5 nitrogen and oxygen atoms in total. The monoisotopic (exact) mass is 609 g/mol. The number of aliphatic hydroxyl groups is 1. The van der Waals surface area contributed by atoms with E-state index in [0.29, 0.717) is 38.2 Å². The summed E-state index contributed by atoms with van der Waals surface area (Å²) in [7, 11) is 0. The fourth-order valence-electron chi connectivity index (χ4n) is 6.85. The lowest BCUT2D eigenvalue weighted by Crippen LogP contribution is -2.49. The van der Waals surface area contributed by atoms with Gasteiger partial charge in [0.25, 0.3) is 0 Å². The van der Waals surface area contributed by atoms with Crippen LogP contribution in [0.3, 0.4) is 0 Å². The van der Waals surface area contributed by atoms with E-state index in [1.807, 2.05) is 71.3 Å². The van der Waals surface area contributed by atoms with Gasteiger partial charge in [0, 0.05) is 60.3 Å². The van der Waals surface area contributed by atoms with Crippen LogP contribution in [0.4, 0.5) is 17.6 Å². The fraction of sp³-hybridized carbons (Fsp3) is 0.429. The number of aliphatic hydroxyl groups excluding tert-OH is 1. The third-order valence-electron chi connectivity index (χ3n) is 9.09. The highest BCUT2D eigenvalue weighted by atomic mass is 19.1. The molecule has 0 spiro atoms. The third kappa shape index (κ3) is 6.29. The minimum absolute atomic E-state index is 0.0739. The summed E-state index contributed by atoms with van der Waals surface area (Å²) in [5.41, 5.74) is 3.41. The fourth-order valence-corrected chi connectivity index (χ4v) is 6.85. The lowest BCUT2D eigenvalue weighted by atomic mass is 9.85. The molecule has 0 saturated carbocycles. The summed E-state index contributed by atoms with van der Waals surface area (Å²) in [6, 6.07) is 18.6. The van der Waals surface area contributed by atoms with Crippen molar-refractivity contribution in [3.05, 3.63) is 106 Å². The molecule has 0 amide bonds. The van der Waals surface area contributed by atoms with Crippen LogP contribution in [-0.4, -0.2) is 71.6 Å². The maximum atomic E-state index is 16.1. The molecule has 0 bridgehead atoms. The Bertz CT molecular complexity index is 1540. The predicted molar refractivity (Wildman–Crippen MR) is 163 cm³/mol. The van der Waals surface area contributed by atoms with E-state index < -0.39 is 36.6 Å². The van der Waals surface area contributed by atoms with Crippen LogP contribution >= 0.6 is 0 Å². The van der Waals surface area contributed by atoms with Crippen molar-refractivity contribution in [3.8, 4) is 0 Å². The molecule has 9 heteroatoms. The molecule has 1 saturated heterocycles. The zero-order valence-electron chi connectivity index (χ0n) is 24.9. The van der Waals surface area contributed by atoms with Gasteiger partial charge in [-0.3, -0.25) is 9.29 Å². The van der Waals surface area contributed by atoms with Gasteiger partial charge in [0.2, 0.25) is 0 Å². The van der Waals surface area contributed by atoms with Crippen molar-refractivity contribution in [1.82, 2.24) is 14.8 Å². The van der Waals surface area contributed by atoms with Crippen molar-refractivity contribution >= 4 is 10.9 Å². The molecular formula is C35H39F4N3O2. The Morgan fingerprint density at radius 3 is 2.45 bits per heavy atom. The first-order chi connectivity index (χ1) is 21.3. The number of nitrogens with one attached hydrogen (secondary N) is 1. The Labute approximate surface area is 255 Å². The van der Waals surface area contributed by atoms with Crippen molar-refractivity contribution in [2.75, 3.05) is 39.5 Å². The van der Waals surface area contributed by atoms with Crippen LogP contribution in [0.2, 0.25) is 0 Å². The van der Waals surface area contributed by atoms with Crippen LogP contribution in [0.25, 0.3) is 10.9 Å². The number of ether oxygens (including phenoxy) is 1. The molecule has 0 radical (unpaired) electrons. The lowest BCUT2D eigenvalue weighted by molar-refractivity contribution is -0.00642. The van der Waals surface area contributed by atoms with Gasteiger partial charge < -0.3 is 19.7 Å². The summed E-state index contributed by atoms with van der Waals surface area (Å²) < 4.78 is 65.9. The van der Waals surface area contributed by atoms with Crippen LogP contribution in [-0.2, 0) is 17.8 Å². The van der Waals surface area contributed by atoms with Gasteiger partial charge in [-0.1, -0.05) is 48.5 Å². The van der Waals surface area contributed by atoms with Crippen molar-refractivity contribution in [1.29, 1.82) is 0 Å². The molecule has 4 atom stereocenters. The molecule has 1 fully saturated rings. The molecule has 44 heavy (non-hydrogen) atoms. The second-order valence-corrected chi connectivity index (χ2v) is 12.2. The molecule has 1 unspecified atom stereocenters. The standard InChI is InChI=1S/C35H39F4N3O2/c1-22-14-28-27-10-5-6-11-31(27)40-33(28)34(42(22)19-26(37)21-44-20-23-8-3-2-4-9-23)32-29(38)15-24(16-30(32)39)35(43)25-17-41(18-25)13-7-12-36/h2-6,8-11,15-16,22,25-26,34-35,40,43H,7,12-14,17-21H2,1H3/t22-,26-,34-,35?/m1/s1. The summed E-state index contributed by atoms with van der Waals surface area (Å²) in [6.07, 6.45) is -1.42. The molecule has 0 aliphatic carbocycles. The van der Waals surface area contributed by atoms with Gasteiger partial charge in [0.15, 0.2) is 0 Å². The third-order valence-corrected chi connectivity index (χ3v) is 9.09. The summed E-state index contributed by atoms with van der Waals surface area (Å²) in [5, 5.41) is 11.9. The van der Waals surface area contributed by atoms with Crippen molar-refractivity contribution in [2.24, 2.45) is 5.92 Å². The second-order valence-electron chi connectivity index (χ2n) is 12.2. The first kappa shape index (κ1) is 30.8. The first-order valence-electron chi connectivity index (χ1n) is 15.4. The minimum Gasteiger partial charge on any atom is -0.388 e. The number of aromatic nitrogens is 1. The maximum Gasteiger partial charge on any atom is 0.136 e. The van der Waals surface area contributed by atoms with Crippen LogP contribution in [0.5, 0.6) is 0 Å².